The first-order valence-electron chi connectivity index (χ1n) is 5.18. The third kappa shape index (κ3) is 2.30. The molecule has 0 radical (unpaired) electrons. The molecule has 2 rings (SSSR count). The quantitative estimate of drug-likeness (QED) is 0.742. The molecule has 0 spiro atoms. The number of carbonyl (C=O) groups is 1. The van der Waals surface area contributed by atoms with Gasteiger partial charge in [0.2, 0.25) is 0 Å². The van der Waals surface area contributed by atoms with E-state index in [2.05, 4.69) is 19.8 Å². The van der Waals surface area contributed by atoms with E-state index in [1.54, 1.807) is 10.9 Å². The molecule has 17 heavy (non-hydrogen) atoms. The first-order valence-corrected chi connectivity index (χ1v) is 5.18. The zero-order valence-electron chi connectivity index (χ0n) is 9.62. The predicted octanol–water partition coefficient (Wildman–Crippen LogP) is 1.15. The maximum atomic E-state index is 11.3. The van der Waals surface area contributed by atoms with Gasteiger partial charge in [0.25, 0.3) is 0 Å². The molecule has 0 aromatic carbocycles. The molecule has 2 aromatic heterocycles. The van der Waals surface area contributed by atoms with Crippen LogP contribution in [0.1, 0.15) is 17.4 Å². The van der Waals surface area contributed by atoms with Crippen molar-refractivity contribution in [3.8, 4) is 11.4 Å². The molecule has 0 unspecified atom stereocenters. The van der Waals surface area contributed by atoms with Crippen LogP contribution in [-0.2, 0) is 11.3 Å². The van der Waals surface area contributed by atoms with Gasteiger partial charge in [-0.25, -0.2) is 14.8 Å². The highest BCUT2D eigenvalue weighted by atomic mass is 16.5. The zero-order chi connectivity index (χ0) is 12.3. The van der Waals surface area contributed by atoms with Gasteiger partial charge >= 0.3 is 5.97 Å². The summed E-state index contributed by atoms with van der Waals surface area (Å²) in [6.07, 6.45) is 5.02. The number of hydrogen-bond donors (Lipinski definition) is 0. The molecule has 0 saturated heterocycles. The molecule has 0 N–H and O–H groups in total. The van der Waals surface area contributed by atoms with Gasteiger partial charge in [0.15, 0.2) is 11.5 Å². The number of nitrogens with zero attached hydrogens (tertiary/aromatic N) is 4. The summed E-state index contributed by atoms with van der Waals surface area (Å²) in [4.78, 5) is 19.5. The first-order chi connectivity index (χ1) is 8.24. The lowest BCUT2D eigenvalue weighted by molar-refractivity contribution is 0.0594. The smallest absolute Gasteiger partial charge is 0.356 e. The number of hydrogen-bond acceptors (Lipinski definition) is 5. The van der Waals surface area contributed by atoms with Gasteiger partial charge in [-0.1, -0.05) is 0 Å². The molecule has 2 heterocycles. The molecule has 0 fully saturated rings. The van der Waals surface area contributed by atoms with Gasteiger partial charge in [0, 0.05) is 18.9 Å². The normalized spacial score (nSPS) is 10.2. The van der Waals surface area contributed by atoms with Crippen LogP contribution in [0.25, 0.3) is 11.4 Å². The lowest BCUT2D eigenvalue weighted by Gasteiger charge is -1.99. The molecule has 2 aromatic rings. The van der Waals surface area contributed by atoms with Crippen molar-refractivity contribution in [3.05, 3.63) is 30.4 Å². The van der Waals surface area contributed by atoms with Gasteiger partial charge in [0.05, 0.1) is 18.9 Å². The van der Waals surface area contributed by atoms with Crippen LogP contribution < -0.4 is 0 Å². The Morgan fingerprint density at radius 1 is 1.53 bits per heavy atom. The van der Waals surface area contributed by atoms with Gasteiger partial charge in [-0.2, -0.15) is 5.10 Å². The Labute approximate surface area is 98.3 Å². The molecule has 88 valence electrons. The van der Waals surface area contributed by atoms with Crippen molar-refractivity contribution in [2.24, 2.45) is 0 Å². The van der Waals surface area contributed by atoms with Crippen LogP contribution in [0.2, 0.25) is 0 Å². The summed E-state index contributed by atoms with van der Waals surface area (Å²) < 4.78 is 6.37. The topological polar surface area (TPSA) is 69.9 Å². The lowest BCUT2D eigenvalue weighted by Crippen LogP contribution is -2.05. The summed E-state index contributed by atoms with van der Waals surface area (Å²) in [6, 6.07) is 1.51. The third-order valence-corrected chi connectivity index (χ3v) is 2.27. The minimum absolute atomic E-state index is 0.238. The first kappa shape index (κ1) is 11.3. The van der Waals surface area contributed by atoms with Crippen molar-refractivity contribution in [3.63, 3.8) is 0 Å². The van der Waals surface area contributed by atoms with Crippen LogP contribution in [0.5, 0.6) is 0 Å². The minimum Gasteiger partial charge on any atom is -0.464 e. The Morgan fingerprint density at radius 2 is 2.35 bits per heavy atom. The number of rotatable bonds is 3. The van der Waals surface area contributed by atoms with Crippen LogP contribution in [0.4, 0.5) is 0 Å². The summed E-state index contributed by atoms with van der Waals surface area (Å²) in [7, 11) is 1.32. The van der Waals surface area contributed by atoms with E-state index in [0.717, 1.165) is 12.1 Å². The molecule has 6 heteroatoms. The molecule has 0 amide bonds. The molecular weight excluding hydrogens is 220 g/mol. The van der Waals surface area contributed by atoms with Gasteiger partial charge in [-0.05, 0) is 13.0 Å². The largest absolute Gasteiger partial charge is 0.464 e. The van der Waals surface area contributed by atoms with Crippen LogP contribution in [0.3, 0.4) is 0 Å². The van der Waals surface area contributed by atoms with Crippen LogP contribution in [0, 0.1) is 0 Å². The second-order valence-electron chi connectivity index (χ2n) is 3.34. The standard InChI is InChI=1S/C11H12N4O2/c1-3-15-7-8(6-13-15)10-12-5-4-9(14-10)11(16)17-2/h4-7H,3H2,1-2H3. The van der Waals surface area contributed by atoms with Crippen LogP contribution in [0.15, 0.2) is 24.7 Å². The van der Waals surface area contributed by atoms with Crippen molar-refractivity contribution in [2.45, 2.75) is 13.5 Å². The van der Waals surface area contributed by atoms with Crippen molar-refractivity contribution in [1.82, 2.24) is 19.7 Å². The van der Waals surface area contributed by atoms with Crippen molar-refractivity contribution in [1.29, 1.82) is 0 Å². The van der Waals surface area contributed by atoms with E-state index in [9.17, 15) is 4.79 Å². The fourth-order valence-corrected chi connectivity index (χ4v) is 1.37. The van der Waals surface area contributed by atoms with E-state index in [4.69, 9.17) is 0 Å². The van der Waals surface area contributed by atoms with E-state index in [1.807, 2.05) is 13.1 Å². The average molecular weight is 232 g/mol. The predicted molar refractivity (Wildman–Crippen MR) is 60.3 cm³/mol. The molecular formula is C11H12N4O2. The van der Waals surface area contributed by atoms with Crippen LogP contribution >= 0.6 is 0 Å². The Hall–Kier alpha value is -2.24. The molecule has 0 atom stereocenters. The molecule has 0 saturated carbocycles. The highest BCUT2D eigenvalue weighted by Gasteiger charge is 2.10. The zero-order valence-corrected chi connectivity index (χ0v) is 9.62. The SMILES string of the molecule is CCn1cc(-c2nccc(C(=O)OC)n2)cn1. The maximum absolute atomic E-state index is 11.3. The Kier molecular flexibility index (Phi) is 3.13. The van der Waals surface area contributed by atoms with Gasteiger partial charge in [0.1, 0.15) is 0 Å². The second kappa shape index (κ2) is 4.73. The van der Waals surface area contributed by atoms with Gasteiger partial charge in [-0.15, -0.1) is 0 Å². The monoisotopic (exact) mass is 232 g/mol. The van der Waals surface area contributed by atoms with Gasteiger partial charge < -0.3 is 4.74 Å². The van der Waals surface area contributed by atoms with E-state index in [0.29, 0.717) is 5.82 Å². The van der Waals surface area contributed by atoms with Gasteiger partial charge in [-0.3, -0.25) is 4.68 Å². The number of ether oxygens (including phenoxy) is 1. The molecule has 0 aliphatic heterocycles. The van der Waals surface area contributed by atoms with E-state index in [1.165, 1.54) is 19.4 Å². The molecule has 0 aliphatic rings. The molecule has 0 bridgehead atoms. The summed E-state index contributed by atoms with van der Waals surface area (Å²) in [6.45, 7) is 2.76. The summed E-state index contributed by atoms with van der Waals surface area (Å²) >= 11 is 0. The number of aryl methyl sites for hydroxylation is 1. The fraction of sp³-hybridized carbons (Fsp3) is 0.273. The number of aromatic nitrogens is 4. The highest BCUT2D eigenvalue weighted by molar-refractivity contribution is 5.87. The van der Waals surface area contributed by atoms with Crippen molar-refractivity contribution >= 4 is 5.97 Å². The molecule has 0 aliphatic carbocycles. The summed E-state index contributed by atoms with van der Waals surface area (Å²) in [5, 5.41) is 4.13. The summed E-state index contributed by atoms with van der Waals surface area (Å²) in [5.41, 5.74) is 1.01. The van der Waals surface area contributed by atoms with E-state index in [-0.39, 0.29) is 5.69 Å². The van der Waals surface area contributed by atoms with Crippen LogP contribution in [-0.4, -0.2) is 32.8 Å². The fourth-order valence-electron chi connectivity index (χ4n) is 1.37. The lowest BCUT2D eigenvalue weighted by atomic mass is 10.3. The Bertz CT molecular complexity index is 536. The van der Waals surface area contributed by atoms with Crippen molar-refractivity contribution in [2.75, 3.05) is 7.11 Å². The second-order valence-corrected chi connectivity index (χ2v) is 3.34. The Balaban J connectivity index is 2.35. The number of esters is 1. The molecule has 6 nitrogen and oxygen atoms in total. The highest BCUT2D eigenvalue weighted by Crippen LogP contribution is 2.13. The summed E-state index contributed by atoms with van der Waals surface area (Å²) in [5.74, 6) is -0.0101. The van der Waals surface area contributed by atoms with Crippen molar-refractivity contribution < 1.29 is 9.53 Å². The van der Waals surface area contributed by atoms with E-state index >= 15 is 0 Å². The third-order valence-electron chi connectivity index (χ3n) is 2.27. The number of methoxy groups -OCH3 is 1. The minimum atomic E-state index is -0.475. The number of carbonyl (C=O) groups excluding carboxylic acids is 1. The van der Waals surface area contributed by atoms with E-state index < -0.39 is 5.97 Å². The Morgan fingerprint density at radius 3 is 3.00 bits per heavy atom. The average Bonchev–Trinajstić information content (AvgIpc) is 2.86. The maximum Gasteiger partial charge on any atom is 0.356 e.